The highest BCUT2D eigenvalue weighted by molar-refractivity contribution is 9.10. The minimum atomic E-state index is 0.702. The first kappa shape index (κ1) is 15.4. The Hall–Kier alpha value is -0.620. The molecule has 0 aliphatic heterocycles. The maximum absolute atomic E-state index is 5.76. The molecule has 0 aliphatic rings. The fraction of sp³-hybridized carbons (Fsp3) is 0.538. The molecule has 1 aromatic rings. The van der Waals surface area contributed by atoms with Gasteiger partial charge >= 0.3 is 0 Å². The van der Waals surface area contributed by atoms with Crippen molar-refractivity contribution in [3.8, 4) is 5.75 Å². The summed E-state index contributed by atoms with van der Waals surface area (Å²) in [6.07, 6.45) is 0. The van der Waals surface area contributed by atoms with Crippen LogP contribution in [0.3, 0.4) is 0 Å². The number of hydrogen-bond donors (Lipinski definition) is 1. The lowest BCUT2D eigenvalue weighted by Gasteiger charge is -2.18. The van der Waals surface area contributed by atoms with E-state index < -0.39 is 0 Å². The number of likely N-dealkylation sites (N-methyl/N-ethyl adjacent to an activating group) is 1. The van der Waals surface area contributed by atoms with Gasteiger partial charge in [0.1, 0.15) is 12.4 Å². The maximum atomic E-state index is 5.76. The average Bonchev–Trinajstić information content (AvgIpc) is 2.37. The van der Waals surface area contributed by atoms with Gasteiger partial charge in [0.05, 0.1) is 11.6 Å². The Bertz CT molecular complexity index is 357. The molecule has 0 spiro atoms. The number of halogens is 1. The zero-order valence-electron chi connectivity index (χ0n) is 11.3. The van der Waals surface area contributed by atoms with Crippen LogP contribution in [-0.4, -0.2) is 38.3 Å². The second-order valence-electron chi connectivity index (χ2n) is 3.92. The summed E-state index contributed by atoms with van der Waals surface area (Å²) in [6, 6.07) is 5.91. The Kier molecular flexibility index (Phi) is 7.27. The van der Waals surface area contributed by atoms with Crippen LogP contribution in [0.4, 0.5) is 5.69 Å². The lowest BCUT2D eigenvalue weighted by Crippen LogP contribution is -2.75. The second kappa shape index (κ2) is 8.48. The zero-order chi connectivity index (χ0) is 13.4. The van der Waals surface area contributed by atoms with E-state index in [1.54, 1.807) is 12.6 Å². The molecule has 5 heteroatoms. The molecule has 0 saturated carbocycles. The van der Waals surface area contributed by atoms with E-state index in [4.69, 9.17) is 9.57 Å². The number of nitrogens with two attached hydrogens (primary N) is 1. The standard InChI is InChI=1S/C13H21BrN2O2/c1-4-16(5-2)8-9-18-13-7-6-11(15-17-3)10-12(13)14/h6-7,10,15H,4-5,8-9H2,1-3H3/p+1. The van der Waals surface area contributed by atoms with Gasteiger partial charge in [-0.15, -0.1) is 0 Å². The van der Waals surface area contributed by atoms with Crippen molar-refractivity contribution in [3.63, 3.8) is 0 Å². The Labute approximate surface area is 117 Å². The van der Waals surface area contributed by atoms with Gasteiger partial charge in [-0.3, -0.25) is 0 Å². The van der Waals surface area contributed by atoms with Crippen molar-refractivity contribution in [3.05, 3.63) is 22.7 Å². The Morgan fingerprint density at radius 1 is 1.28 bits per heavy atom. The maximum Gasteiger partial charge on any atom is 0.163 e. The average molecular weight is 318 g/mol. The summed E-state index contributed by atoms with van der Waals surface area (Å²) in [5.74, 6) is 0.871. The molecule has 0 radical (unpaired) electrons. The molecule has 0 bridgehead atoms. The van der Waals surface area contributed by atoms with Crippen LogP contribution >= 0.6 is 15.9 Å². The van der Waals surface area contributed by atoms with Crippen LogP contribution in [0.2, 0.25) is 0 Å². The van der Waals surface area contributed by atoms with E-state index in [2.05, 4.69) is 34.7 Å². The molecule has 102 valence electrons. The van der Waals surface area contributed by atoms with Crippen LogP contribution in [0, 0.1) is 0 Å². The van der Waals surface area contributed by atoms with Crippen LogP contribution in [0.1, 0.15) is 13.8 Å². The third kappa shape index (κ3) is 4.94. The van der Waals surface area contributed by atoms with Crippen LogP contribution in [0.5, 0.6) is 5.75 Å². The van der Waals surface area contributed by atoms with Crippen LogP contribution < -0.4 is 10.2 Å². The molecule has 0 saturated heterocycles. The molecule has 0 fully saturated rings. The summed E-state index contributed by atoms with van der Waals surface area (Å²) < 4.78 is 6.71. The zero-order valence-corrected chi connectivity index (χ0v) is 12.9. The highest BCUT2D eigenvalue weighted by Gasteiger charge is 2.06. The minimum absolute atomic E-state index is 0.702. The fourth-order valence-corrected chi connectivity index (χ4v) is 2.18. The smallest absolute Gasteiger partial charge is 0.163 e. The molecular formula is C13H22BrN2O2+. The third-order valence-corrected chi connectivity index (χ3v) is 3.39. The number of rotatable bonds is 8. The molecule has 0 atom stereocenters. The first-order valence-electron chi connectivity index (χ1n) is 6.22. The van der Waals surface area contributed by atoms with Crippen molar-refractivity contribution < 1.29 is 15.1 Å². The van der Waals surface area contributed by atoms with Gasteiger partial charge in [0.15, 0.2) is 5.69 Å². The number of quaternary nitrogens is 1. The highest BCUT2D eigenvalue weighted by Crippen LogP contribution is 2.26. The fourth-order valence-electron chi connectivity index (χ4n) is 1.67. The summed E-state index contributed by atoms with van der Waals surface area (Å²) in [7, 11) is 1.64. The first-order chi connectivity index (χ1) is 8.71. The third-order valence-electron chi connectivity index (χ3n) is 2.77. The monoisotopic (exact) mass is 317 g/mol. The highest BCUT2D eigenvalue weighted by atomic mass is 79.9. The summed E-state index contributed by atoms with van der Waals surface area (Å²) in [6.45, 7) is 8.09. The van der Waals surface area contributed by atoms with Gasteiger partial charge in [-0.2, -0.15) is 5.48 Å². The van der Waals surface area contributed by atoms with Crippen LogP contribution in [0.25, 0.3) is 0 Å². The van der Waals surface area contributed by atoms with E-state index >= 15 is 0 Å². The number of ether oxygens (including phenoxy) is 1. The second-order valence-corrected chi connectivity index (χ2v) is 4.77. The van der Waals surface area contributed by atoms with E-state index in [1.807, 2.05) is 18.2 Å². The summed E-state index contributed by atoms with van der Waals surface area (Å²) in [5, 5.41) is 0. The summed E-state index contributed by atoms with van der Waals surface area (Å²) in [5.41, 5.74) is 2.71. The van der Waals surface area contributed by atoms with E-state index in [-0.39, 0.29) is 0 Å². The summed E-state index contributed by atoms with van der Waals surface area (Å²) in [4.78, 5) is 7.31. The first-order valence-corrected chi connectivity index (χ1v) is 7.01. The van der Waals surface area contributed by atoms with Gasteiger partial charge in [-0.25, -0.2) is 4.84 Å². The SMILES string of the molecule is CCN(CC)CCOc1ccc([NH2+]OC)cc1Br. The predicted octanol–water partition coefficient (Wildman–Crippen LogP) is 1.93. The molecule has 0 aliphatic carbocycles. The number of hydrogen-bond acceptors (Lipinski definition) is 3. The van der Waals surface area contributed by atoms with Crippen molar-refractivity contribution in [2.45, 2.75) is 13.8 Å². The minimum Gasteiger partial charge on any atom is -0.491 e. The largest absolute Gasteiger partial charge is 0.491 e. The number of nitrogens with zero attached hydrogens (tertiary/aromatic N) is 1. The van der Waals surface area contributed by atoms with E-state index in [9.17, 15) is 0 Å². The molecule has 2 N–H and O–H groups in total. The van der Waals surface area contributed by atoms with Gasteiger partial charge in [0.25, 0.3) is 0 Å². The topological polar surface area (TPSA) is 38.3 Å². The molecule has 1 aromatic carbocycles. The van der Waals surface area contributed by atoms with E-state index in [0.717, 1.165) is 35.5 Å². The molecular weight excluding hydrogens is 296 g/mol. The van der Waals surface area contributed by atoms with Gasteiger partial charge < -0.3 is 9.64 Å². The van der Waals surface area contributed by atoms with Crippen LogP contribution in [0.15, 0.2) is 22.7 Å². The Morgan fingerprint density at radius 2 is 2.00 bits per heavy atom. The quantitative estimate of drug-likeness (QED) is 0.588. The van der Waals surface area contributed by atoms with Crippen LogP contribution in [-0.2, 0) is 4.84 Å². The van der Waals surface area contributed by atoms with Gasteiger partial charge in [-0.1, -0.05) is 13.8 Å². The lowest BCUT2D eigenvalue weighted by atomic mass is 10.3. The van der Waals surface area contributed by atoms with E-state index in [0.29, 0.717) is 6.61 Å². The molecule has 4 nitrogen and oxygen atoms in total. The van der Waals surface area contributed by atoms with Gasteiger partial charge in [-0.05, 0) is 35.1 Å². The summed E-state index contributed by atoms with van der Waals surface area (Å²) >= 11 is 3.50. The molecule has 0 aromatic heterocycles. The van der Waals surface area contributed by atoms with Gasteiger partial charge in [0, 0.05) is 18.7 Å². The van der Waals surface area contributed by atoms with Gasteiger partial charge in [0.2, 0.25) is 0 Å². The normalized spacial score (nSPS) is 10.9. The van der Waals surface area contributed by atoms with Crippen molar-refractivity contribution in [2.24, 2.45) is 0 Å². The number of benzene rings is 1. The molecule has 1 rings (SSSR count). The predicted molar refractivity (Wildman–Crippen MR) is 76.0 cm³/mol. The Balaban J connectivity index is 2.47. The molecule has 0 heterocycles. The van der Waals surface area contributed by atoms with Crippen molar-refractivity contribution in [1.82, 2.24) is 4.90 Å². The van der Waals surface area contributed by atoms with E-state index in [1.165, 1.54) is 0 Å². The lowest BCUT2D eigenvalue weighted by molar-refractivity contribution is -0.830. The molecule has 18 heavy (non-hydrogen) atoms. The van der Waals surface area contributed by atoms with Crippen molar-refractivity contribution in [1.29, 1.82) is 0 Å². The molecule has 0 unspecified atom stereocenters. The van der Waals surface area contributed by atoms with Crippen molar-refractivity contribution >= 4 is 21.6 Å². The Morgan fingerprint density at radius 3 is 2.56 bits per heavy atom. The van der Waals surface area contributed by atoms with Crippen molar-refractivity contribution in [2.75, 3.05) is 33.4 Å². The molecule has 0 amide bonds.